The molecular weight excluding hydrogens is 612 g/mol. The van der Waals surface area contributed by atoms with Crippen molar-refractivity contribution < 1.29 is 23.5 Å². The van der Waals surface area contributed by atoms with Crippen LogP contribution in [0.25, 0.3) is 10.4 Å². The summed E-state index contributed by atoms with van der Waals surface area (Å²) in [6, 6.07) is 17.0. The topological polar surface area (TPSA) is 77.1 Å². The van der Waals surface area contributed by atoms with E-state index in [1.54, 1.807) is 11.0 Å². The number of nitrogens with zero attached hydrogens (tertiary/aromatic N) is 1. The summed E-state index contributed by atoms with van der Waals surface area (Å²) in [7, 11) is -0.858. The van der Waals surface area contributed by atoms with Crippen LogP contribution in [0.3, 0.4) is 0 Å². The molecule has 0 saturated heterocycles. The number of methoxy groups -OCH3 is 1. The van der Waals surface area contributed by atoms with Crippen LogP contribution in [-0.2, 0) is 13.9 Å². The molecule has 0 aliphatic carbocycles. The second-order valence-electron chi connectivity index (χ2n) is 13.5. The predicted octanol–water partition coefficient (Wildman–Crippen LogP) is 9.66. The first-order chi connectivity index (χ1) is 20.4. The number of amides is 1. The molecule has 0 radical (unpaired) electrons. The summed E-state index contributed by atoms with van der Waals surface area (Å²) in [6.45, 7) is 19.4. The molecule has 0 fully saturated rings. The standard InChI is InChI=1S/C34H47ClN2O5SSi/c1-23(21-36-27-16-12-14-25(20-27)30-28(17-18-43-30)31(38)40-8)37(32(39)41-33(2,3)4)22-29(24-13-11-15-26(35)19-24)42-44(9,10)34(5,6)7/h11-20,23,29,36H,21-22H2,1-10H3/t23-,29+/m1/s1. The van der Waals surface area contributed by atoms with E-state index in [1.807, 2.05) is 81.6 Å². The fraction of sp³-hybridized carbons (Fsp3) is 0.471. The van der Waals surface area contributed by atoms with Crippen molar-refractivity contribution in [1.82, 2.24) is 4.90 Å². The highest BCUT2D eigenvalue weighted by atomic mass is 35.5. The molecule has 1 amide bonds. The highest BCUT2D eigenvalue weighted by Gasteiger charge is 2.41. The maximum atomic E-state index is 13.7. The summed E-state index contributed by atoms with van der Waals surface area (Å²) >= 11 is 7.90. The number of thiophene rings is 1. The van der Waals surface area contributed by atoms with Gasteiger partial charge in [0.15, 0.2) is 8.32 Å². The van der Waals surface area contributed by atoms with Gasteiger partial charge >= 0.3 is 12.1 Å². The normalized spacial score (nSPS) is 13.6. The molecule has 1 heterocycles. The molecule has 0 spiro atoms. The molecule has 0 bridgehead atoms. The van der Waals surface area contributed by atoms with E-state index >= 15 is 0 Å². The van der Waals surface area contributed by atoms with E-state index in [2.05, 4.69) is 39.2 Å². The van der Waals surface area contributed by atoms with Crippen LogP contribution >= 0.6 is 22.9 Å². The van der Waals surface area contributed by atoms with Gasteiger partial charge in [0.25, 0.3) is 0 Å². The lowest BCUT2D eigenvalue weighted by Crippen LogP contribution is -2.49. The van der Waals surface area contributed by atoms with Crippen molar-refractivity contribution in [3.8, 4) is 10.4 Å². The van der Waals surface area contributed by atoms with Crippen LogP contribution < -0.4 is 5.32 Å². The summed E-state index contributed by atoms with van der Waals surface area (Å²) in [5.41, 5.74) is 2.56. The summed E-state index contributed by atoms with van der Waals surface area (Å²) in [5.74, 6) is -0.365. The van der Waals surface area contributed by atoms with Gasteiger partial charge in [0.2, 0.25) is 0 Å². The molecule has 0 saturated carbocycles. The van der Waals surface area contributed by atoms with Gasteiger partial charge in [0, 0.05) is 28.2 Å². The van der Waals surface area contributed by atoms with Crippen molar-refractivity contribution in [2.24, 2.45) is 0 Å². The molecule has 7 nitrogen and oxygen atoms in total. The van der Waals surface area contributed by atoms with Gasteiger partial charge in [-0.3, -0.25) is 0 Å². The monoisotopic (exact) mass is 658 g/mol. The van der Waals surface area contributed by atoms with Gasteiger partial charge in [-0.15, -0.1) is 11.3 Å². The van der Waals surface area contributed by atoms with Crippen LogP contribution in [0.5, 0.6) is 0 Å². The number of ether oxygens (including phenoxy) is 2. The first kappa shape index (κ1) is 35.6. The Morgan fingerprint density at radius 2 is 1.70 bits per heavy atom. The first-order valence-corrected chi connectivity index (χ1v) is 19.0. The minimum absolute atomic E-state index is 0.0327. The Kier molecular flexibility index (Phi) is 11.7. The van der Waals surface area contributed by atoms with Gasteiger partial charge in [0.1, 0.15) is 5.60 Å². The van der Waals surface area contributed by atoms with Gasteiger partial charge in [-0.1, -0.05) is 56.6 Å². The average Bonchev–Trinajstić information content (AvgIpc) is 3.42. The van der Waals surface area contributed by atoms with E-state index in [9.17, 15) is 9.59 Å². The smallest absolute Gasteiger partial charge is 0.410 e. The molecule has 1 aromatic heterocycles. The van der Waals surface area contributed by atoms with E-state index in [-0.39, 0.29) is 17.0 Å². The molecule has 0 aliphatic rings. The number of carbonyl (C=O) groups is 2. The number of anilines is 1. The van der Waals surface area contributed by atoms with Crippen LogP contribution in [0.1, 0.15) is 70.5 Å². The Morgan fingerprint density at radius 3 is 2.32 bits per heavy atom. The molecule has 0 aliphatic heterocycles. The molecular formula is C34H47ClN2O5SSi. The molecule has 3 aromatic rings. The fourth-order valence-electron chi connectivity index (χ4n) is 4.33. The molecule has 3 rings (SSSR count). The van der Waals surface area contributed by atoms with Gasteiger partial charge < -0.3 is 24.1 Å². The Bertz CT molecular complexity index is 1430. The molecule has 0 unspecified atom stereocenters. The van der Waals surface area contributed by atoms with E-state index in [0.29, 0.717) is 23.7 Å². The van der Waals surface area contributed by atoms with Crippen molar-refractivity contribution >= 4 is 49.0 Å². The number of hydrogen-bond donors (Lipinski definition) is 1. The zero-order chi connectivity index (χ0) is 32.9. The van der Waals surface area contributed by atoms with E-state index in [1.165, 1.54) is 18.4 Å². The van der Waals surface area contributed by atoms with Gasteiger partial charge in [0.05, 0.1) is 25.3 Å². The summed E-state index contributed by atoms with van der Waals surface area (Å²) in [6.07, 6.45) is -0.809. The number of rotatable bonds is 11. The number of hydrogen-bond acceptors (Lipinski definition) is 7. The molecule has 240 valence electrons. The van der Waals surface area contributed by atoms with Crippen molar-refractivity contribution in [2.75, 3.05) is 25.5 Å². The summed E-state index contributed by atoms with van der Waals surface area (Å²) < 4.78 is 17.8. The second-order valence-corrected chi connectivity index (χ2v) is 19.6. The molecule has 10 heteroatoms. The van der Waals surface area contributed by atoms with Gasteiger partial charge in [-0.25, -0.2) is 9.59 Å². The number of nitrogens with one attached hydrogen (secondary N) is 1. The van der Waals surface area contributed by atoms with Crippen LogP contribution in [0.2, 0.25) is 23.2 Å². The fourth-order valence-corrected chi connectivity index (χ4v) is 6.69. The SMILES string of the molecule is COC(=O)c1ccsc1-c1cccc(NC[C@@H](C)N(C[C@H](O[Si](C)(C)C(C)(C)C)c2cccc(Cl)c2)C(=O)OC(C)(C)C)c1. The minimum Gasteiger partial charge on any atom is -0.465 e. The van der Waals surface area contributed by atoms with Crippen molar-refractivity contribution in [3.63, 3.8) is 0 Å². The van der Waals surface area contributed by atoms with Crippen LogP contribution in [-0.4, -0.2) is 57.1 Å². The Balaban J connectivity index is 1.90. The number of esters is 1. The summed E-state index contributed by atoms with van der Waals surface area (Å²) in [5, 5.41) is 5.95. The Labute approximate surface area is 273 Å². The molecule has 44 heavy (non-hydrogen) atoms. The minimum atomic E-state index is -2.24. The lowest BCUT2D eigenvalue weighted by Gasteiger charge is -2.41. The maximum Gasteiger partial charge on any atom is 0.410 e. The maximum absolute atomic E-state index is 13.7. The predicted molar refractivity (Wildman–Crippen MR) is 184 cm³/mol. The van der Waals surface area contributed by atoms with E-state index < -0.39 is 26.1 Å². The highest BCUT2D eigenvalue weighted by molar-refractivity contribution is 7.14. The average molecular weight is 659 g/mol. The van der Waals surface area contributed by atoms with Gasteiger partial charge in [-0.2, -0.15) is 0 Å². The number of carbonyl (C=O) groups excluding carboxylic acids is 2. The second kappa shape index (κ2) is 14.5. The van der Waals surface area contributed by atoms with Crippen molar-refractivity contribution in [1.29, 1.82) is 0 Å². The highest BCUT2D eigenvalue weighted by Crippen LogP contribution is 2.40. The van der Waals surface area contributed by atoms with Crippen molar-refractivity contribution in [3.05, 3.63) is 76.1 Å². The lowest BCUT2D eigenvalue weighted by molar-refractivity contribution is 0.00798. The number of halogens is 1. The number of benzene rings is 2. The summed E-state index contributed by atoms with van der Waals surface area (Å²) in [4.78, 5) is 28.6. The largest absolute Gasteiger partial charge is 0.465 e. The zero-order valence-electron chi connectivity index (χ0n) is 27.6. The quantitative estimate of drug-likeness (QED) is 0.163. The van der Waals surface area contributed by atoms with Gasteiger partial charge in [-0.05, 0) is 92.7 Å². The molecule has 2 aromatic carbocycles. The van der Waals surface area contributed by atoms with Crippen LogP contribution in [0.4, 0.5) is 10.5 Å². The van der Waals surface area contributed by atoms with Crippen LogP contribution in [0.15, 0.2) is 60.0 Å². The van der Waals surface area contributed by atoms with E-state index in [0.717, 1.165) is 21.7 Å². The third-order valence-electron chi connectivity index (χ3n) is 7.78. The van der Waals surface area contributed by atoms with Crippen molar-refractivity contribution in [2.45, 2.75) is 84.3 Å². The third kappa shape index (κ3) is 9.57. The third-order valence-corrected chi connectivity index (χ3v) is 13.5. The Hall–Kier alpha value is -2.85. The zero-order valence-corrected chi connectivity index (χ0v) is 30.2. The van der Waals surface area contributed by atoms with Crippen LogP contribution in [0, 0.1) is 0 Å². The molecule has 1 N–H and O–H groups in total. The Morgan fingerprint density at radius 1 is 1.02 bits per heavy atom. The van der Waals surface area contributed by atoms with E-state index in [4.69, 9.17) is 25.5 Å². The lowest BCUT2D eigenvalue weighted by atomic mass is 10.1. The molecule has 2 atom stereocenters. The first-order valence-electron chi connectivity index (χ1n) is 14.8.